The summed E-state index contributed by atoms with van der Waals surface area (Å²) in [4.78, 5) is 4.08. The van der Waals surface area contributed by atoms with Crippen molar-refractivity contribution in [1.82, 2.24) is 10.2 Å². The van der Waals surface area contributed by atoms with Crippen LogP contribution in [0.3, 0.4) is 0 Å². The third kappa shape index (κ3) is 6.07. The fourth-order valence-electron chi connectivity index (χ4n) is 2.24. The summed E-state index contributed by atoms with van der Waals surface area (Å²) in [5.74, 6) is 0. The Labute approximate surface area is 123 Å². The molecule has 0 aliphatic rings. The molecule has 2 nitrogen and oxygen atoms in total. The molecule has 0 saturated heterocycles. The first-order chi connectivity index (χ1) is 8.83. The predicted octanol–water partition coefficient (Wildman–Crippen LogP) is 4.13. The van der Waals surface area contributed by atoms with Crippen molar-refractivity contribution in [2.45, 2.75) is 72.1 Å². The van der Waals surface area contributed by atoms with E-state index in [2.05, 4.69) is 69.3 Å². The molecule has 110 valence electrons. The highest BCUT2D eigenvalue weighted by Gasteiger charge is 2.22. The summed E-state index contributed by atoms with van der Waals surface area (Å²) < 4.78 is 0. The second kappa shape index (κ2) is 7.41. The van der Waals surface area contributed by atoms with E-state index in [1.165, 1.54) is 11.3 Å². The van der Waals surface area contributed by atoms with E-state index in [-0.39, 0.29) is 5.54 Å². The van der Waals surface area contributed by atoms with Crippen molar-refractivity contribution in [2.24, 2.45) is 0 Å². The number of nitrogens with one attached hydrogen (secondary N) is 1. The van der Waals surface area contributed by atoms with Crippen molar-refractivity contribution in [3.63, 3.8) is 0 Å². The predicted molar refractivity (Wildman–Crippen MR) is 86.8 cm³/mol. The van der Waals surface area contributed by atoms with Gasteiger partial charge in [-0.2, -0.15) is 0 Å². The zero-order valence-electron chi connectivity index (χ0n) is 13.4. The summed E-state index contributed by atoms with van der Waals surface area (Å²) in [6.07, 6.45) is 1.19. The molecule has 0 aliphatic heterocycles. The van der Waals surface area contributed by atoms with E-state index in [1.807, 2.05) is 11.3 Å². The average molecular weight is 282 g/mol. The summed E-state index contributed by atoms with van der Waals surface area (Å²) in [6.45, 7) is 15.7. The maximum Gasteiger partial charge on any atom is 0.0334 e. The number of rotatable bonds is 7. The molecule has 0 aromatic carbocycles. The lowest BCUT2D eigenvalue weighted by atomic mass is 10.1. The summed E-state index contributed by atoms with van der Waals surface area (Å²) >= 11 is 1.86. The minimum absolute atomic E-state index is 0.193. The molecule has 1 N–H and O–H groups in total. The van der Waals surface area contributed by atoms with Crippen molar-refractivity contribution in [2.75, 3.05) is 6.54 Å². The van der Waals surface area contributed by atoms with Crippen LogP contribution in [0.4, 0.5) is 0 Å². The fraction of sp³-hybridized carbons (Fsp3) is 0.750. The highest BCUT2D eigenvalue weighted by Crippen LogP contribution is 2.18. The highest BCUT2D eigenvalue weighted by atomic mass is 32.1. The largest absolute Gasteiger partial charge is 0.311 e. The van der Waals surface area contributed by atoms with Gasteiger partial charge in [0.15, 0.2) is 0 Å². The Hall–Kier alpha value is -0.380. The molecule has 1 unspecified atom stereocenters. The van der Waals surface area contributed by atoms with Gasteiger partial charge in [-0.3, -0.25) is 4.90 Å². The lowest BCUT2D eigenvalue weighted by molar-refractivity contribution is 0.132. The number of thiophene rings is 1. The molecule has 0 fully saturated rings. The van der Waals surface area contributed by atoms with E-state index >= 15 is 0 Å². The van der Waals surface area contributed by atoms with Crippen LogP contribution in [0.2, 0.25) is 0 Å². The monoisotopic (exact) mass is 282 g/mol. The Morgan fingerprint density at radius 3 is 2.42 bits per heavy atom. The molecule has 1 atom stereocenters. The topological polar surface area (TPSA) is 15.3 Å². The van der Waals surface area contributed by atoms with Gasteiger partial charge in [-0.1, -0.05) is 13.0 Å². The Bertz CT molecular complexity index is 338. The molecule has 0 radical (unpaired) electrons. The molecule has 19 heavy (non-hydrogen) atoms. The van der Waals surface area contributed by atoms with E-state index in [0.717, 1.165) is 13.1 Å². The first-order valence-corrected chi connectivity index (χ1v) is 8.24. The first kappa shape index (κ1) is 16.7. The Morgan fingerprint density at radius 2 is 2.00 bits per heavy atom. The zero-order chi connectivity index (χ0) is 14.5. The Kier molecular flexibility index (Phi) is 6.51. The van der Waals surface area contributed by atoms with Crippen molar-refractivity contribution in [1.29, 1.82) is 0 Å². The van der Waals surface area contributed by atoms with Crippen LogP contribution in [-0.2, 0) is 6.54 Å². The van der Waals surface area contributed by atoms with Gasteiger partial charge in [0.25, 0.3) is 0 Å². The maximum absolute atomic E-state index is 3.65. The van der Waals surface area contributed by atoms with E-state index in [9.17, 15) is 0 Å². The first-order valence-electron chi connectivity index (χ1n) is 7.36. The second-order valence-electron chi connectivity index (χ2n) is 6.54. The van der Waals surface area contributed by atoms with Gasteiger partial charge >= 0.3 is 0 Å². The second-order valence-corrected chi connectivity index (χ2v) is 7.57. The molecule has 0 spiro atoms. The molecule has 1 rings (SSSR count). The summed E-state index contributed by atoms with van der Waals surface area (Å²) in [5, 5.41) is 5.82. The van der Waals surface area contributed by atoms with E-state index in [4.69, 9.17) is 0 Å². The van der Waals surface area contributed by atoms with Crippen LogP contribution in [0.15, 0.2) is 17.5 Å². The van der Waals surface area contributed by atoms with Gasteiger partial charge in [-0.25, -0.2) is 0 Å². The van der Waals surface area contributed by atoms with Crippen LogP contribution in [-0.4, -0.2) is 29.1 Å². The van der Waals surface area contributed by atoms with Gasteiger partial charge in [0.2, 0.25) is 0 Å². The van der Waals surface area contributed by atoms with Crippen LogP contribution >= 0.6 is 11.3 Å². The Morgan fingerprint density at radius 1 is 1.32 bits per heavy atom. The molecule has 0 bridgehead atoms. The molecule has 0 saturated carbocycles. The van der Waals surface area contributed by atoms with Crippen molar-refractivity contribution >= 4 is 11.3 Å². The SMILES string of the molecule is CCC(CNC(C)(C)C)N(Cc1cccs1)C(C)C. The van der Waals surface area contributed by atoms with Crippen LogP contribution in [0.1, 0.15) is 52.8 Å². The smallest absolute Gasteiger partial charge is 0.0334 e. The van der Waals surface area contributed by atoms with Crippen LogP contribution in [0, 0.1) is 0 Å². The molecule has 3 heteroatoms. The quantitative estimate of drug-likeness (QED) is 0.809. The van der Waals surface area contributed by atoms with Crippen LogP contribution < -0.4 is 5.32 Å². The van der Waals surface area contributed by atoms with E-state index in [0.29, 0.717) is 12.1 Å². The minimum atomic E-state index is 0.193. The van der Waals surface area contributed by atoms with Gasteiger partial charge in [0.05, 0.1) is 0 Å². The highest BCUT2D eigenvalue weighted by molar-refractivity contribution is 7.09. The molecule has 1 heterocycles. The number of hydrogen-bond acceptors (Lipinski definition) is 3. The van der Waals surface area contributed by atoms with Gasteiger partial charge in [0, 0.05) is 35.6 Å². The Balaban J connectivity index is 2.66. The van der Waals surface area contributed by atoms with Crippen molar-refractivity contribution < 1.29 is 0 Å². The molecular weight excluding hydrogens is 252 g/mol. The zero-order valence-corrected chi connectivity index (χ0v) is 14.2. The van der Waals surface area contributed by atoms with Gasteiger partial charge in [0.1, 0.15) is 0 Å². The standard InChI is InChI=1S/C16H30N2S/c1-7-14(11-17-16(4,5)6)18(13(2)3)12-15-9-8-10-19-15/h8-10,13-14,17H,7,11-12H2,1-6H3. The van der Waals surface area contributed by atoms with E-state index < -0.39 is 0 Å². The fourth-order valence-corrected chi connectivity index (χ4v) is 2.95. The van der Waals surface area contributed by atoms with Gasteiger partial charge in [-0.15, -0.1) is 11.3 Å². The summed E-state index contributed by atoms with van der Waals surface area (Å²) in [6, 6.07) is 5.56. The molecule has 0 aliphatic carbocycles. The summed E-state index contributed by atoms with van der Waals surface area (Å²) in [7, 11) is 0. The number of hydrogen-bond donors (Lipinski definition) is 1. The lowest BCUT2D eigenvalue weighted by Gasteiger charge is -2.36. The van der Waals surface area contributed by atoms with Crippen LogP contribution in [0.5, 0.6) is 0 Å². The van der Waals surface area contributed by atoms with Crippen molar-refractivity contribution in [3.8, 4) is 0 Å². The van der Waals surface area contributed by atoms with Gasteiger partial charge in [-0.05, 0) is 52.5 Å². The van der Waals surface area contributed by atoms with Crippen molar-refractivity contribution in [3.05, 3.63) is 22.4 Å². The third-order valence-corrected chi connectivity index (χ3v) is 4.25. The molecule has 0 amide bonds. The maximum atomic E-state index is 3.65. The lowest BCUT2D eigenvalue weighted by Crippen LogP contribution is -2.49. The number of nitrogens with zero attached hydrogens (tertiary/aromatic N) is 1. The average Bonchev–Trinajstić information content (AvgIpc) is 2.79. The molecular formula is C16H30N2S. The normalized spacial score (nSPS) is 14.3. The van der Waals surface area contributed by atoms with Crippen LogP contribution in [0.25, 0.3) is 0 Å². The summed E-state index contributed by atoms with van der Waals surface area (Å²) in [5.41, 5.74) is 0.193. The van der Waals surface area contributed by atoms with Gasteiger partial charge < -0.3 is 5.32 Å². The third-order valence-electron chi connectivity index (χ3n) is 3.39. The minimum Gasteiger partial charge on any atom is -0.311 e. The van der Waals surface area contributed by atoms with E-state index in [1.54, 1.807) is 0 Å². The molecule has 1 aromatic rings. The molecule has 1 aromatic heterocycles.